The third kappa shape index (κ3) is 4.96. The molecule has 0 aliphatic carbocycles. The highest BCUT2D eigenvalue weighted by atomic mass is 16.5. The van der Waals surface area contributed by atoms with Crippen molar-refractivity contribution in [3.05, 3.63) is 95.9 Å². The van der Waals surface area contributed by atoms with Crippen molar-refractivity contribution in [1.29, 1.82) is 0 Å². The van der Waals surface area contributed by atoms with E-state index in [2.05, 4.69) is 84.5 Å². The summed E-state index contributed by atoms with van der Waals surface area (Å²) in [6.07, 6.45) is 3.57. The van der Waals surface area contributed by atoms with Crippen molar-refractivity contribution in [2.24, 2.45) is 5.92 Å². The van der Waals surface area contributed by atoms with Gasteiger partial charge < -0.3 is 9.84 Å². The lowest BCUT2D eigenvalue weighted by molar-refractivity contribution is 0.0729. The van der Waals surface area contributed by atoms with Gasteiger partial charge in [0.15, 0.2) is 0 Å². The molecule has 35 heavy (non-hydrogen) atoms. The predicted octanol–water partition coefficient (Wildman–Crippen LogP) is 6.40. The summed E-state index contributed by atoms with van der Waals surface area (Å²) < 4.78 is 5.32. The van der Waals surface area contributed by atoms with E-state index < -0.39 is 5.60 Å². The van der Waals surface area contributed by atoms with Crippen molar-refractivity contribution >= 4 is 0 Å². The fourth-order valence-electron chi connectivity index (χ4n) is 4.33. The quantitative estimate of drug-likeness (QED) is 0.340. The van der Waals surface area contributed by atoms with Crippen molar-refractivity contribution in [3.63, 3.8) is 0 Å². The topological polar surface area (TPSA) is 68.1 Å². The summed E-state index contributed by atoms with van der Waals surface area (Å²) in [5, 5.41) is 18.7. The van der Waals surface area contributed by atoms with Gasteiger partial charge in [0.25, 0.3) is 0 Å². The van der Waals surface area contributed by atoms with E-state index in [1.165, 1.54) is 11.1 Å². The molecule has 4 rings (SSSR count). The maximum Gasteiger partial charge on any atom is 0.137 e. The Kier molecular flexibility index (Phi) is 6.73. The van der Waals surface area contributed by atoms with Gasteiger partial charge in [-0.25, -0.2) is 0 Å². The highest BCUT2D eigenvalue weighted by Gasteiger charge is 2.32. The van der Waals surface area contributed by atoms with Crippen molar-refractivity contribution < 1.29 is 9.84 Å². The summed E-state index contributed by atoms with van der Waals surface area (Å²) in [6, 6.07) is 23.0. The number of pyridine rings is 1. The minimum absolute atomic E-state index is 0.167. The van der Waals surface area contributed by atoms with Gasteiger partial charge in [-0.05, 0) is 54.7 Å². The molecule has 2 heterocycles. The van der Waals surface area contributed by atoms with E-state index in [0.717, 1.165) is 28.1 Å². The molecule has 0 spiro atoms. The highest BCUT2D eigenvalue weighted by molar-refractivity contribution is 5.65. The Bertz CT molecular complexity index is 1280. The van der Waals surface area contributed by atoms with Crippen LogP contribution >= 0.6 is 0 Å². The number of rotatable bonds is 7. The summed E-state index contributed by atoms with van der Waals surface area (Å²) in [5.74, 6) is 1.13. The molecule has 0 saturated heterocycles. The van der Waals surface area contributed by atoms with Gasteiger partial charge in [0.05, 0.1) is 24.7 Å². The van der Waals surface area contributed by atoms with Crippen LogP contribution in [-0.2, 0) is 11.0 Å². The Morgan fingerprint density at radius 2 is 1.34 bits per heavy atom. The molecular formula is C30H33N3O2. The van der Waals surface area contributed by atoms with Gasteiger partial charge in [-0.1, -0.05) is 69.3 Å². The zero-order valence-electron chi connectivity index (χ0n) is 21.3. The summed E-state index contributed by atoms with van der Waals surface area (Å²) in [5.41, 5.74) is 5.80. The van der Waals surface area contributed by atoms with Gasteiger partial charge in [-0.15, -0.1) is 0 Å². The van der Waals surface area contributed by atoms with Crippen LogP contribution in [-0.4, -0.2) is 27.4 Å². The Morgan fingerprint density at radius 3 is 1.83 bits per heavy atom. The number of nitrogens with zero attached hydrogens (tertiary/aromatic N) is 3. The third-order valence-electron chi connectivity index (χ3n) is 6.99. The third-order valence-corrected chi connectivity index (χ3v) is 6.99. The molecule has 0 bridgehead atoms. The molecule has 5 nitrogen and oxygen atoms in total. The van der Waals surface area contributed by atoms with Crippen LogP contribution < -0.4 is 4.74 Å². The molecule has 0 aliphatic rings. The number of hydrogen-bond donors (Lipinski definition) is 1. The van der Waals surface area contributed by atoms with Gasteiger partial charge >= 0.3 is 0 Å². The number of benzene rings is 2. The van der Waals surface area contributed by atoms with Crippen LogP contribution in [0.1, 0.15) is 51.4 Å². The minimum Gasteiger partial charge on any atom is -0.495 e. The van der Waals surface area contributed by atoms with Gasteiger partial charge in [-0.2, -0.15) is 10.2 Å². The first-order chi connectivity index (χ1) is 16.6. The Hall–Kier alpha value is -3.57. The van der Waals surface area contributed by atoms with Gasteiger partial charge in [-0.3, -0.25) is 4.98 Å². The standard InChI is InChI=1S/C30H33N3O2/c1-20(2)30(5,24-11-7-21(8-12-24)23-17-26(35-6)19-31-18-23)25-13-9-22(10-14-25)27-15-16-28(33-32-27)29(3,4)34/h7-20,34H,1-6H3. The molecule has 2 aromatic heterocycles. The monoisotopic (exact) mass is 467 g/mol. The molecule has 1 atom stereocenters. The van der Waals surface area contributed by atoms with E-state index in [0.29, 0.717) is 11.6 Å². The lowest BCUT2D eigenvalue weighted by Gasteiger charge is -2.35. The number of aliphatic hydroxyl groups is 1. The molecule has 2 aromatic carbocycles. The summed E-state index contributed by atoms with van der Waals surface area (Å²) in [4.78, 5) is 4.28. The number of hydrogen-bond acceptors (Lipinski definition) is 5. The second-order valence-corrected chi connectivity index (χ2v) is 9.99. The van der Waals surface area contributed by atoms with Crippen LogP contribution in [0.3, 0.4) is 0 Å². The fraction of sp³-hybridized carbons (Fsp3) is 0.300. The molecule has 0 saturated carbocycles. The lowest BCUT2D eigenvalue weighted by atomic mass is 9.68. The van der Waals surface area contributed by atoms with Crippen LogP contribution in [0.15, 0.2) is 79.1 Å². The SMILES string of the molecule is COc1cncc(-c2ccc(C(C)(c3ccc(-c4ccc(C(C)(C)O)nn4)cc3)C(C)C)cc2)c1. The molecule has 180 valence electrons. The van der Waals surface area contributed by atoms with E-state index in [4.69, 9.17) is 4.74 Å². The molecule has 4 aromatic rings. The predicted molar refractivity (Wildman–Crippen MR) is 140 cm³/mol. The van der Waals surface area contributed by atoms with Crippen LogP contribution in [0.2, 0.25) is 0 Å². The average Bonchev–Trinajstić information content (AvgIpc) is 2.88. The number of aromatic nitrogens is 3. The van der Waals surface area contributed by atoms with E-state index in [1.807, 2.05) is 24.4 Å². The summed E-state index contributed by atoms with van der Waals surface area (Å²) >= 11 is 0. The van der Waals surface area contributed by atoms with Crippen LogP contribution in [0.4, 0.5) is 0 Å². The zero-order chi connectivity index (χ0) is 25.2. The van der Waals surface area contributed by atoms with Crippen LogP contribution in [0, 0.1) is 5.92 Å². The second-order valence-electron chi connectivity index (χ2n) is 9.99. The first-order valence-corrected chi connectivity index (χ1v) is 11.9. The lowest BCUT2D eigenvalue weighted by Crippen LogP contribution is -2.30. The number of methoxy groups -OCH3 is 1. The maximum atomic E-state index is 10.1. The van der Waals surface area contributed by atoms with Crippen molar-refractivity contribution in [3.8, 4) is 28.1 Å². The molecule has 5 heteroatoms. The fourth-order valence-corrected chi connectivity index (χ4v) is 4.33. The van der Waals surface area contributed by atoms with Crippen molar-refractivity contribution in [2.75, 3.05) is 7.11 Å². The molecule has 0 aliphatic heterocycles. The second kappa shape index (κ2) is 9.59. The zero-order valence-corrected chi connectivity index (χ0v) is 21.3. The Labute approximate surface area is 207 Å². The van der Waals surface area contributed by atoms with Crippen molar-refractivity contribution in [2.45, 2.75) is 45.6 Å². The van der Waals surface area contributed by atoms with Gasteiger partial charge in [0, 0.05) is 22.7 Å². The molecule has 0 fully saturated rings. The van der Waals surface area contributed by atoms with E-state index in [1.54, 1.807) is 27.2 Å². The van der Waals surface area contributed by atoms with Crippen LogP contribution in [0.25, 0.3) is 22.4 Å². The summed E-state index contributed by atoms with van der Waals surface area (Å²) in [7, 11) is 1.65. The van der Waals surface area contributed by atoms with Gasteiger partial charge in [0.2, 0.25) is 0 Å². The number of ether oxygens (including phenoxy) is 1. The summed E-state index contributed by atoms with van der Waals surface area (Å²) in [6.45, 7) is 10.2. The molecule has 0 radical (unpaired) electrons. The minimum atomic E-state index is -1.01. The van der Waals surface area contributed by atoms with E-state index in [-0.39, 0.29) is 5.41 Å². The average molecular weight is 468 g/mol. The van der Waals surface area contributed by atoms with E-state index in [9.17, 15) is 5.11 Å². The first-order valence-electron chi connectivity index (χ1n) is 11.9. The molecule has 0 amide bonds. The normalized spacial score (nSPS) is 13.5. The Morgan fingerprint density at radius 1 is 0.743 bits per heavy atom. The van der Waals surface area contributed by atoms with E-state index >= 15 is 0 Å². The van der Waals surface area contributed by atoms with Crippen molar-refractivity contribution in [1.82, 2.24) is 15.2 Å². The Balaban J connectivity index is 1.63. The first kappa shape index (κ1) is 24.6. The molecule has 1 unspecified atom stereocenters. The van der Waals surface area contributed by atoms with Gasteiger partial charge in [0.1, 0.15) is 11.4 Å². The molecular weight excluding hydrogens is 434 g/mol. The largest absolute Gasteiger partial charge is 0.495 e. The van der Waals surface area contributed by atoms with Crippen LogP contribution in [0.5, 0.6) is 5.75 Å². The smallest absolute Gasteiger partial charge is 0.137 e. The molecule has 1 N–H and O–H groups in total. The maximum absolute atomic E-state index is 10.1. The highest BCUT2D eigenvalue weighted by Crippen LogP contribution is 2.40.